The molecule has 0 radical (unpaired) electrons. The molecule has 31 heavy (non-hydrogen) atoms. The zero-order valence-electron chi connectivity index (χ0n) is 18.9. The van der Waals surface area contributed by atoms with E-state index in [-0.39, 0.29) is 35.1 Å². The number of fused-ring (bicyclic) bond motifs is 1. The molecule has 3 aliphatic rings. The molecule has 3 fully saturated rings. The molecule has 1 aromatic carbocycles. The van der Waals surface area contributed by atoms with E-state index in [4.69, 9.17) is 9.47 Å². The van der Waals surface area contributed by atoms with E-state index in [9.17, 15) is 9.90 Å². The predicted octanol–water partition coefficient (Wildman–Crippen LogP) is 6.11. The maximum Gasteiger partial charge on any atom is 0.165 e. The second kappa shape index (κ2) is 10.3. The predicted molar refractivity (Wildman–Crippen MR) is 123 cm³/mol. The van der Waals surface area contributed by atoms with Gasteiger partial charge in [-0.2, -0.15) is 0 Å². The zero-order chi connectivity index (χ0) is 21.7. The summed E-state index contributed by atoms with van der Waals surface area (Å²) in [5, 5.41) is 10.6. The average Bonchev–Trinajstić information content (AvgIpc) is 3.28. The highest BCUT2D eigenvalue weighted by molar-refractivity contribution is 5.97. The minimum absolute atomic E-state index is 0.0130. The van der Waals surface area contributed by atoms with Gasteiger partial charge in [-0.3, -0.25) is 4.79 Å². The maximum atomic E-state index is 13.4. The molecule has 0 bridgehead atoms. The Morgan fingerprint density at radius 2 is 1.71 bits per heavy atom. The lowest BCUT2D eigenvalue weighted by Crippen LogP contribution is -2.56. The fraction of sp³-hybridized carbons (Fsp3) is 0.667. The largest absolute Gasteiger partial charge is 0.507 e. The van der Waals surface area contributed by atoms with Crippen LogP contribution in [0, 0.1) is 17.3 Å². The smallest absolute Gasteiger partial charge is 0.165 e. The Hall–Kier alpha value is -1.65. The first-order valence-electron chi connectivity index (χ1n) is 12.3. The van der Waals surface area contributed by atoms with Crippen molar-refractivity contribution in [2.45, 2.75) is 82.8 Å². The van der Waals surface area contributed by atoms with E-state index in [0.717, 1.165) is 25.9 Å². The third-order valence-corrected chi connectivity index (χ3v) is 8.17. The summed E-state index contributed by atoms with van der Waals surface area (Å²) in [7, 11) is 1.77. The number of aliphatic hydroxyl groups is 1. The van der Waals surface area contributed by atoms with E-state index in [0.29, 0.717) is 11.5 Å². The van der Waals surface area contributed by atoms with E-state index < -0.39 is 0 Å². The molecular weight excluding hydrogens is 388 g/mol. The molecular formula is C27H38O4. The lowest BCUT2D eigenvalue weighted by Gasteiger charge is -2.51. The van der Waals surface area contributed by atoms with Gasteiger partial charge in [-0.25, -0.2) is 0 Å². The maximum absolute atomic E-state index is 13.4. The number of rotatable bonds is 5. The van der Waals surface area contributed by atoms with Gasteiger partial charge in [0, 0.05) is 36.7 Å². The lowest BCUT2D eigenvalue weighted by molar-refractivity contribution is -0.158. The summed E-state index contributed by atoms with van der Waals surface area (Å²) in [4.78, 5) is 13.4. The third kappa shape index (κ3) is 4.61. The Morgan fingerprint density at radius 1 is 1.03 bits per heavy atom. The van der Waals surface area contributed by atoms with Gasteiger partial charge in [0.25, 0.3) is 0 Å². The van der Waals surface area contributed by atoms with Crippen LogP contribution < -0.4 is 0 Å². The molecule has 0 aromatic heterocycles. The molecule has 2 saturated carbocycles. The van der Waals surface area contributed by atoms with Crippen LogP contribution in [-0.2, 0) is 14.3 Å². The Bertz CT molecular complexity index is 748. The van der Waals surface area contributed by atoms with Crippen LogP contribution in [0.4, 0.5) is 0 Å². The minimum Gasteiger partial charge on any atom is -0.507 e. The van der Waals surface area contributed by atoms with Crippen molar-refractivity contribution in [3.05, 3.63) is 42.0 Å². The second-order valence-electron chi connectivity index (χ2n) is 9.76. The van der Waals surface area contributed by atoms with E-state index in [1.54, 1.807) is 7.11 Å². The van der Waals surface area contributed by atoms with Gasteiger partial charge in [0.15, 0.2) is 5.78 Å². The summed E-state index contributed by atoms with van der Waals surface area (Å²) in [6.07, 6.45) is 14.4. The molecule has 4 nitrogen and oxygen atoms in total. The summed E-state index contributed by atoms with van der Waals surface area (Å²) in [5.74, 6) is 0.356. The number of ketones is 1. The number of benzene rings is 1. The fourth-order valence-electron chi connectivity index (χ4n) is 6.71. The molecule has 1 aromatic rings. The van der Waals surface area contributed by atoms with E-state index in [2.05, 4.69) is 0 Å². The Morgan fingerprint density at radius 3 is 2.39 bits per heavy atom. The summed E-state index contributed by atoms with van der Waals surface area (Å²) < 4.78 is 12.4. The van der Waals surface area contributed by atoms with E-state index in [1.807, 2.05) is 30.3 Å². The second-order valence-corrected chi connectivity index (χ2v) is 9.76. The van der Waals surface area contributed by atoms with Crippen molar-refractivity contribution in [1.82, 2.24) is 0 Å². The van der Waals surface area contributed by atoms with E-state index >= 15 is 0 Å². The molecule has 170 valence electrons. The van der Waals surface area contributed by atoms with E-state index in [1.165, 1.54) is 57.4 Å². The normalized spacial score (nSPS) is 33.2. The highest BCUT2D eigenvalue weighted by atomic mass is 16.5. The molecule has 4 atom stereocenters. The SMILES string of the molecule is COC1C(C(=O)/C=C(\O)c2ccccc2)CCC2OCCC21C1CCCCCCCC1. The van der Waals surface area contributed by atoms with Gasteiger partial charge in [0.05, 0.1) is 12.2 Å². The monoisotopic (exact) mass is 426 g/mol. The zero-order valence-corrected chi connectivity index (χ0v) is 18.9. The Labute approximate surface area is 187 Å². The standard InChI is InChI=1S/C27H38O4/c1-30-26-22(24(29)19-23(28)20-11-7-6-8-12-20)15-16-25-27(26,17-18-31-25)21-13-9-4-2-3-5-10-14-21/h6-8,11-12,19,21-22,25-26,28H,2-5,9-10,13-18H2,1H3/b23-19-. The van der Waals surface area contributed by atoms with Crippen LogP contribution in [0.2, 0.25) is 0 Å². The van der Waals surface area contributed by atoms with Gasteiger partial charge in [0.1, 0.15) is 5.76 Å². The number of methoxy groups -OCH3 is 1. The Kier molecular flexibility index (Phi) is 7.50. The van der Waals surface area contributed by atoms with Crippen molar-refractivity contribution < 1.29 is 19.4 Å². The summed E-state index contributed by atoms with van der Waals surface area (Å²) in [5.41, 5.74) is 0.599. The van der Waals surface area contributed by atoms with Gasteiger partial charge in [-0.05, 0) is 38.0 Å². The topological polar surface area (TPSA) is 55.8 Å². The third-order valence-electron chi connectivity index (χ3n) is 8.17. The quantitative estimate of drug-likeness (QED) is 0.456. The lowest BCUT2D eigenvalue weighted by atomic mass is 9.56. The summed E-state index contributed by atoms with van der Waals surface area (Å²) >= 11 is 0. The number of carbonyl (C=O) groups is 1. The highest BCUT2D eigenvalue weighted by Crippen LogP contribution is 2.56. The molecule has 0 spiro atoms. The van der Waals surface area contributed by atoms with Crippen LogP contribution in [0.5, 0.6) is 0 Å². The van der Waals surface area contributed by atoms with Crippen molar-refractivity contribution in [3.63, 3.8) is 0 Å². The number of carbonyl (C=O) groups excluding carboxylic acids is 1. The first kappa shape index (κ1) is 22.5. The molecule has 1 aliphatic heterocycles. The van der Waals surface area contributed by atoms with Gasteiger partial charge in [-0.1, -0.05) is 68.9 Å². The van der Waals surface area contributed by atoms with Crippen molar-refractivity contribution in [3.8, 4) is 0 Å². The van der Waals surface area contributed by atoms with Crippen molar-refractivity contribution in [2.24, 2.45) is 17.3 Å². The van der Waals surface area contributed by atoms with Gasteiger partial charge < -0.3 is 14.6 Å². The van der Waals surface area contributed by atoms with Crippen molar-refractivity contribution in [1.29, 1.82) is 0 Å². The summed E-state index contributed by atoms with van der Waals surface area (Å²) in [6.45, 7) is 0.771. The van der Waals surface area contributed by atoms with Crippen LogP contribution in [-0.4, -0.2) is 36.8 Å². The van der Waals surface area contributed by atoms with Gasteiger partial charge in [0.2, 0.25) is 0 Å². The van der Waals surface area contributed by atoms with Crippen LogP contribution in [0.15, 0.2) is 36.4 Å². The number of ether oxygens (including phenoxy) is 2. The minimum atomic E-state index is -0.221. The number of hydrogen-bond acceptors (Lipinski definition) is 4. The molecule has 4 heteroatoms. The van der Waals surface area contributed by atoms with Crippen LogP contribution in [0.1, 0.15) is 76.2 Å². The molecule has 4 unspecified atom stereocenters. The Balaban J connectivity index is 1.61. The molecule has 1 heterocycles. The highest BCUT2D eigenvalue weighted by Gasteiger charge is 2.59. The van der Waals surface area contributed by atoms with Crippen LogP contribution in [0.25, 0.3) is 5.76 Å². The van der Waals surface area contributed by atoms with Crippen LogP contribution in [0.3, 0.4) is 0 Å². The number of hydrogen-bond donors (Lipinski definition) is 1. The number of aliphatic hydroxyl groups excluding tert-OH is 1. The fourth-order valence-corrected chi connectivity index (χ4v) is 6.71. The molecule has 1 N–H and O–H groups in total. The van der Waals surface area contributed by atoms with Crippen molar-refractivity contribution >= 4 is 11.5 Å². The molecule has 1 saturated heterocycles. The van der Waals surface area contributed by atoms with Gasteiger partial charge in [-0.15, -0.1) is 0 Å². The number of allylic oxidation sites excluding steroid dienone is 1. The van der Waals surface area contributed by atoms with Crippen LogP contribution >= 0.6 is 0 Å². The molecule has 0 amide bonds. The molecule has 4 rings (SSSR count). The van der Waals surface area contributed by atoms with Gasteiger partial charge >= 0.3 is 0 Å². The average molecular weight is 427 g/mol. The molecule has 2 aliphatic carbocycles. The first-order valence-corrected chi connectivity index (χ1v) is 12.3. The van der Waals surface area contributed by atoms with Crippen molar-refractivity contribution in [2.75, 3.05) is 13.7 Å². The first-order chi connectivity index (χ1) is 15.2. The summed E-state index contributed by atoms with van der Waals surface area (Å²) in [6, 6.07) is 9.30.